The predicted molar refractivity (Wildman–Crippen MR) is 102 cm³/mol. The maximum atomic E-state index is 13.8. The first-order valence-electron chi connectivity index (χ1n) is 8.75. The van der Waals surface area contributed by atoms with Gasteiger partial charge in [-0.15, -0.1) is 0 Å². The number of rotatable bonds is 3. The molecular formula is C21H15F3N4O. The molecule has 8 heteroatoms. The summed E-state index contributed by atoms with van der Waals surface area (Å²) in [5.41, 5.74) is 0.846. The quantitative estimate of drug-likeness (QED) is 0.457. The van der Waals surface area contributed by atoms with E-state index in [2.05, 4.69) is 15.1 Å². The molecule has 0 fully saturated rings. The van der Waals surface area contributed by atoms with Crippen molar-refractivity contribution in [2.45, 2.75) is 20.0 Å². The Bertz CT molecular complexity index is 1240. The normalized spacial score (nSPS) is 11.8. The average Bonchev–Trinajstić information content (AvgIpc) is 3.10. The third kappa shape index (κ3) is 3.49. The number of hydrogen-bond donors (Lipinski definition) is 0. The molecule has 0 radical (unpaired) electrons. The summed E-state index contributed by atoms with van der Waals surface area (Å²) in [6.45, 7) is 3.15. The largest absolute Gasteiger partial charge is 0.417 e. The number of pyridine rings is 2. The number of alkyl halides is 3. The van der Waals surface area contributed by atoms with Crippen LogP contribution in [-0.2, 0) is 6.18 Å². The summed E-state index contributed by atoms with van der Waals surface area (Å²) in [7, 11) is 0. The van der Waals surface area contributed by atoms with E-state index >= 15 is 0 Å². The molecule has 0 unspecified atom stereocenters. The van der Waals surface area contributed by atoms with Crippen LogP contribution in [-0.4, -0.2) is 25.5 Å². The lowest BCUT2D eigenvalue weighted by molar-refractivity contribution is -0.136. The van der Waals surface area contributed by atoms with Crippen molar-refractivity contribution in [1.82, 2.24) is 19.7 Å². The monoisotopic (exact) mass is 396 g/mol. The van der Waals surface area contributed by atoms with Gasteiger partial charge in [0.15, 0.2) is 11.6 Å². The molecule has 3 aromatic heterocycles. The minimum Gasteiger partial charge on any atom is -0.293 e. The molecule has 0 aliphatic heterocycles. The lowest BCUT2D eigenvalue weighted by Crippen LogP contribution is -2.07. The third-order valence-corrected chi connectivity index (χ3v) is 4.49. The van der Waals surface area contributed by atoms with E-state index in [-0.39, 0.29) is 33.6 Å². The summed E-state index contributed by atoms with van der Waals surface area (Å²) < 4.78 is 42.7. The highest BCUT2D eigenvalue weighted by atomic mass is 19.4. The molecule has 0 N–H and O–H groups in total. The van der Waals surface area contributed by atoms with Crippen LogP contribution in [0.2, 0.25) is 0 Å². The van der Waals surface area contributed by atoms with E-state index in [1.54, 1.807) is 43.3 Å². The first-order valence-corrected chi connectivity index (χ1v) is 8.75. The van der Waals surface area contributed by atoms with Gasteiger partial charge >= 0.3 is 6.18 Å². The van der Waals surface area contributed by atoms with Crippen LogP contribution in [0.5, 0.6) is 0 Å². The summed E-state index contributed by atoms with van der Waals surface area (Å²) >= 11 is 0. The third-order valence-electron chi connectivity index (χ3n) is 4.49. The van der Waals surface area contributed by atoms with E-state index in [0.717, 1.165) is 6.07 Å². The SMILES string of the molecule is CC(=O)c1cccc(-c2cc(C(F)(F)F)c3cnn(-c4cccc(C)n4)c3c2)n1. The first-order chi connectivity index (χ1) is 13.7. The predicted octanol–water partition coefficient (Wildman–Crippen LogP) is 5.01. The number of halogens is 3. The number of aromatic nitrogens is 4. The summed E-state index contributed by atoms with van der Waals surface area (Å²) in [6, 6.07) is 12.5. The van der Waals surface area contributed by atoms with Crippen LogP contribution in [0.4, 0.5) is 13.2 Å². The van der Waals surface area contributed by atoms with E-state index in [1.165, 1.54) is 23.9 Å². The van der Waals surface area contributed by atoms with Crippen LogP contribution in [0.1, 0.15) is 28.7 Å². The van der Waals surface area contributed by atoms with Crippen molar-refractivity contribution < 1.29 is 18.0 Å². The van der Waals surface area contributed by atoms with Gasteiger partial charge in [-0.2, -0.15) is 18.3 Å². The highest BCUT2D eigenvalue weighted by Crippen LogP contribution is 2.38. The van der Waals surface area contributed by atoms with Gasteiger partial charge in [0.2, 0.25) is 0 Å². The Morgan fingerprint density at radius 3 is 2.48 bits per heavy atom. The molecule has 0 amide bonds. The molecule has 4 rings (SSSR count). The van der Waals surface area contributed by atoms with Crippen LogP contribution in [0, 0.1) is 6.92 Å². The van der Waals surface area contributed by atoms with Crippen molar-refractivity contribution in [3.63, 3.8) is 0 Å². The van der Waals surface area contributed by atoms with Gasteiger partial charge in [0.25, 0.3) is 0 Å². The van der Waals surface area contributed by atoms with Crippen LogP contribution >= 0.6 is 0 Å². The van der Waals surface area contributed by atoms with Crippen molar-refractivity contribution in [3.8, 4) is 17.1 Å². The number of Topliss-reactive ketones (excluding diaryl/α,β-unsaturated/α-hetero) is 1. The maximum absolute atomic E-state index is 13.8. The molecule has 0 atom stereocenters. The van der Waals surface area contributed by atoms with Crippen LogP contribution < -0.4 is 0 Å². The van der Waals surface area contributed by atoms with E-state index < -0.39 is 11.7 Å². The van der Waals surface area contributed by atoms with Gasteiger partial charge in [-0.1, -0.05) is 12.1 Å². The topological polar surface area (TPSA) is 60.7 Å². The number of nitrogens with zero attached hydrogens (tertiary/aromatic N) is 4. The lowest BCUT2D eigenvalue weighted by atomic mass is 10.0. The minimum absolute atomic E-state index is 0.0349. The average molecular weight is 396 g/mol. The van der Waals surface area contributed by atoms with Gasteiger partial charge in [0.1, 0.15) is 5.69 Å². The summed E-state index contributed by atoms with van der Waals surface area (Å²) in [5.74, 6) is 0.147. The summed E-state index contributed by atoms with van der Waals surface area (Å²) in [6.07, 6.45) is -3.40. The number of aryl methyl sites for hydroxylation is 1. The zero-order valence-corrected chi connectivity index (χ0v) is 15.5. The fourth-order valence-electron chi connectivity index (χ4n) is 3.13. The van der Waals surface area contributed by atoms with Crippen molar-refractivity contribution in [3.05, 3.63) is 71.7 Å². The molecule has 0 bridgehead atoms. The van der Waals surface area contributed by atoms with Gasteiger partial charge in [-0.25, -0.2) is 14.6 Å². The Balaban J connectivity index is 2.00. The number of carbonyl (C=O) groups excluding carboxylic acids is 1. The number of carbonyl (C=O) groups is 1. The second-order valence-corrected chi connectivity index (χ2v) is 6.61. The molecule has 0 aliphatic carbocycles. The summed E-state index contributed by atoms with van der Waals surface area (Å²) in [5, 5.41) is 4.11. The van der Waals surface area contributed by atoms with E-state index in [9.17, 15) is 18.0 Å². The van der Waals surface area contributed by atoms with E-state index in [4.69, 9.17) is 0 Å². The highest BCUT2D eigenvalue weighted by molar-refractivity contribution is 5.93. The van der Waals surface area contributed by atoms with Gasteiger partial charge in [-0.05, 0) is 43.3 Å². The van der Waals surface area contributed by atoms with Gasteiger partial charge in [0.05, 0.1) is 23.0 Å². The van der Waals surface area contributed by atoms with E-state index in [1.807, 2.05) is 0 Å². The number of hydrogen-bond acceptors (Lipinski definition) is 4. The summed E-state index contributed by atoms with van der Waals surface area (Å²) in [4.78, 5) is 20.2. The Kier molecular flexibility index (Phi) is 4.41. The highest BCUT2D eigenvalue weighted by Gasteiger charge is 2.34. The molecule has 29 heavy (non-hydrogen) atoms. The van der Waals surface area contributed by atoms with Crippen LogP contribution in [0.15, 0.2) is 54.7 Å². The van der Waals surface area contributed by atoms with Crippen molar-refractivity contribution in [2.75, 3.05) is 0 Å². The number of fused-ring (bicyclic) bond motifs is 1. The molecule has 146 valence electrons. The maximum Gasteiger partial charge on any atom is 0.417 e. The Labute approximate surface area is 163 Å². The smallest absolute Gasteiger partial charge is 0.293 e. The molecule has 0 saturated carbocycles. The number of ketones is 1. The second-order valence-electron chi connectivity index (χ2n) is 6.61. The molecule has 0 spiro atoms. The fraction of sp³-hybridized carbons (Fsp3) is 0.143. The standard InChI is InChI=1S/C21H15F3N4O/c1-12-5-3-8-20(26-12)28-19-10-14(18-7-4-6-17(27-18)13(2)29)9-16(21(22,23)24)15(19)11-25-28/h3-11H,1-2H3. The zero-order valence-electron chi connectivity index (χ0n) is 15.5. The molecule has 0 aliphatic rings. The zero-order chi connectivity index (χ0) is 20.8. The van der Waals surface area contributed by atoms with Gasteiger partial charge < -0.3 is 0 Å². The molecule has 4 aromatic rings. The Hall–Kier alpha value is -3.55. The molecule has 1 aromatic carbocycles. The number of benzene rings is 1. The van der Waals surface area contributed by atoms with E-state index in [0.29, 0.717) is 11.5 Å². The molecule has 3 heterocycles. The van der Waals surface area contributed by atoms with Crippen LogP contribution in [0.3, 0.4) is 0 Å². The lowest BCUT2D eigenvalue weighted by Gasteiger charge is -2.12. The van der Waals surface area contributed by atoms with Crippen LogP contribution in [0.25, 0.3) is 28.0 Å². The minimum atomic E-state index is -4.58. The molecule has 0 saturated heterocycles. The van der Waals surface area contributed by atoms with Crippen molar-refractivity contribution in [2.24, 2.45) is 0 Å². The van der Waals surface area contributed by atoms with Crippen molar-refractivity contribution >= 4 is 16.7 Å². The second kappa shape index (κ2) is 6.80. The first kappa shape index (κ1) is 18.8. The Morgan fingerprint density at radius 1 is 1.03 bits per heavy atom. The molecular weight excluding hydrogens is 381 g/mol. The molecule has 5 nitrogen and oxygen atoms in total. The van der Waals surface area contributed by atoms with Gasteiger partial charge in [-0.3, -0.25) is 4.79 Å². The van der Waals surface area contributed by atoms with Crippen molar-refractivity contribution in [1.29, 1.82) is 0 Å². The Morgan fingerprint density at radius 2 is 1.79 bits per heavy atom. The fourth-order valence-corrected chi connectivity index (χ4v) is 3.13. The van der Waals surface area contributed by atoms with Gasteiger partial charge in [0, 0.05) is 23.6 Å².